The Morgan fingerprint density at radius 3 is 2.06 bits per heavy atom. The molecular formula is C15H26N2+2. The second kappa shape index (κ2) is 4.79. The lowest BCUT2D eigenvalue weighted by atomic mass is 10.1. The van der Waals surface area contributed by atoms with Crippen LogP contribution in [0.2, 0.25) is 0 Å². The SMILES string of the molecule is CC[N+]1(Cc2ccccc2)CC[N+](C)(C)CC1. The molecule has 17 heavy (non-hydrogen) atoms. The van der Waals surface area contributed by atoms with Crippen LogP contribution in [-0.4, -0.2) is 55.8 Å². The fourth-order valence-corrected chi connectivity index (χ4v) is 2.75. The lowest BCUT2D eigenvalue weighted by Gasteiger charge is -2.46. The molecule has 0 unspecified atom stereocenters. The molecule has 1 fully saturated rings. The minimum Gasteiger partial charge on any atom is -0.319 e. The highest BCUT2D eigenvalue weighted by Crippen LogP contribution is 2.20. The van der Waals surface area contributed by atoms with Gasteiger partial charge in [-0.25, -0.2) is 0 Å². The molecule has 0 atom stereocenters. The van der Waals surface area contributed by atoms with E-state index in [2.05, 4.69) is 51.4 Å². The average molecular weight is 234 g/mol. The van der Waals surface area contributed by atoms with Gasteiger partial charge in [0, 0.05) is 5.56 Å². The van der Waals surface area contributed by atoms with Crippen molar-refractivity contribution in [1.82, 2.24) is 0 Å². The van der Waals surface area contributed by atoms with E-state index < -0.39 is 0 Å². The first kappa shape index (κ1) is 12.6. The zero-order valence-corrected chi connectivity index (χ0v) is 11.5. The third-order valence-electron chi connectivity index (χ3n) is 4.39. The van der Waals surface area contributed by atoms with E-state index in [1.54, 1.807) is 0 Å². The first-order valence-electron chi connectivity index (χ1n) is 6.76. The summed E-state index contributed by atoms with van der Waals surface area (Å²) in [6.45, 7) is 10.1. The van der Waals surface area contributed by atoms with Gasteiger partial charge in [-0.15, -0.1) is 0 Å². The lowest BCUT2D eigenvalue weighted by Crippen LogP contribution is -2.63. The van der Waals surface area contributed by atoms with Crippen molar-refractivity contribution >= 4 is 0 Å². The lowest BCUT2D eigenvalue weighted by molar-refractivity contribution is -1.02. The van der Waals surface area contributed by atoms with E-state index in [9.17, 15) is 0 Å². The Morgan fingerprint density at radius 1 is 0.941 bits per heavy atom. The van der Waals surface area contributed by atoms with E-state index in [0.717, 1.165) is 0 Å². The van der Waals surface area contributed by atoms with Crippen LogP contribution in [-0.2, 0) is 6.54 Å². The molecule has 0 bridgehead atoms. The van der Waals surface area contributed by atoms with Crippen LogP contribution in [0.3, 0.4) is 0 Å². The molecule has 0 saturated carbocycles. The van der Waals surface area contributed by atoms with Gasteiger partial charge >= 0.3 is 0 Å². The number of rotatable bonds is 3. The Hall–Kier alpha value is -0.860. The number of nitrogens with zero attached hydrogens (tertiary/aromatic N) is 2. The maximum Gasteiger partial charge on any atom is 0.129 e. The Morgan fingerprint density at radius 2 is 1.53 bits per heavy atom. The van der Waals surface area contributed by atoms with Crippen molar-refractivity contribution in [3.8, 4) is 0 Å². The van der Waals surface area contributed by atoms with Crippen molar-refractivity contribution in [3.05, 3.63) is 35.9 Å². The predicted molar refractivity (Wildman–Crippen MR) is 72.5 cm³/mol. The Labute approximate surface area is 106 Å². The van der Waals surface area contributed by atoms with E-state index in [-0.39, 0.29) is 0 Å². The first-order valence-corrected chi connectivity index (χ1v) is 6.76. The topological polar surface area (TPSA) is 0 Å². The standard InChI is InChI=1S/C15H26N2/c1-4-17(12-10-16(2,3)11-13-17)14-15-8-6-5-7-9-15/h5-9H,4,10-14H2,1-3H3/q+2. The number of quaternary nitrogens is 2. The van der Waals surface area contributed by atoms with Gasteiger partial charge in [-0.1, -0.05) is 30.3 Å². The van der Waals surface area contributed by atoms with Gasteiger partial charge in [-0.2, -0.15) is 0 Å². The van der Waals surface area contributed by atoms with Crippen LogP contribution < -0.4 is 0 Å². The predicted octanol–water partition coefficient (Wildman–Crippen LogP) is 2.11. The molecule has 1 aliphatic heterocycles. The molecule has 0 aromatic heterocycles. The summed E-state index contributed by atoms with van der Waals surface area (Å²) in [7, 11) is 4.71. The van der Waals surface area contributed by atoms with Crippen LogP contribution >= 0.6 is 0 Å². The van der Waals surface area contributed by atoms with Crippen molar-refractivity contribution < 1.29 is 8.97 Å². The van der Waals surface area contributed by atoms with Crippen molar-refractivity contribution in [1.29, 1.82) is 0 Å². The molecule has 1 heterocycles. The van der Waals surface area contributed by atoms with E-state index in [1.807, 2.05) is 0 Å². The number of hydrogen-bond acceptors (Lipinski definition) is 0. The van der Waals surface area contributed by atoms with Crippen molar-refractivity contribution in [2.75, 3.05) is 46.8 Å². The van der Waals surface area contributed by atoms with E-state index in [4.69, 9.17) is 0 Å². The van der Waals surface area contributed by atoms with Crippen LogP contribution in [0.5, 0.6) is 0 Å². The summed E-state index contributed by atoms with van der Waals surface area (Å²) >= 11 is 0. The second-order valence-electron chi connectivity index (χ2n) is 6.13. The quantitative estimate of drug-likeness (QED) is 0.703. The highest BCUT2D eigenvalue weighted by Gasteiger charge is 2.36. The number of likely N-dealkylation sites (N-methyl/N-ethyl adjacent to an activating group) is 2. The average Bonchev–Trinajstić information content (AvgIpc) is 2.34. The monoisotopic (exact) mass is 234 g/mol. The summed E-state index contributed by atoms with van der Waals surface area (Å²) in [6.07, 6.45) is 0. The van der Waals surface area contributed by atoms with Gasteiger partial charge in [-0.05, 0) is 6.92 Å². The molecule has 0 N–H and O–H groups in total. The summed E-state index contributed by atoms with van der Waals surface area (Å²) < 4.78 is 2.46. The van der Waals surface area contributed by atoms with Gasteiger partial charge < -0.3 is 8.97 Å². The summed E-state index contributed by atoms with van der Waals surface area (Å²) in [5, 5.41) is 0. The Bertz CT molecular complexity index is 346. The highest BCUT2D eigenvalue weighted by molar-refractivity contribution is 5.13. The second-order valence-corrected chi connectivity index (χ2v) is 6.13. The van der Waals surface area contributed by atoms with Crippen LogP contribution in [0.1, 0.15) is 12.5 Å². The van der Waals surface area contributed by atoms with Crippen LogP contribution in [0, 0.1) is 0 Å². The summed E-state index contributed by atoms with van der Waals surface area (Å²) in [5.74, 6) is 0. The number of hydrogen-bond donors (Lipinski definition) is 0. The van der Waals surface area contributed by atoms with Crippen LogP contribution in [0.15, 0.2) is 30.3 Å². The molecule has 2 rings (SSSR count). The number of piperazine rings is 1. The third-order valence-corrected chi connectivity index (χ3v) is 4.39. The smallest absolute Gasteiger partial charge is 0.129 e. The van der Waals surface area contributed by atoms with Crippen molar-refractivity contribution in [3.63, 3.8) is 0 Å². The molecule has 0 aliphatic carbocycles. The minimum atomic E-state index is 1.19. The molecule has 1 aromatic rings. The fraction of sp³-hybridized carbons (Fsp3) is 0.600. The normalized spacial score (nSPS) is 22.3. The Kier molecular flexibility index (Phi) is 3.55. The molecule has 1 aliphatic rings. The summed E-state index contributed by atoms with van der Waals surface area (Å²) in [5.41, 5.74) is 1.49. The molecular weight excluding hydrogens is 208 g/mol. The molecule has 94 valence electrons. The van der Waals surface area contributed by atoms with E-state index in [1.165, 1.54) is 53.8 Å². The maximum absolute atomic E-state index is 2.35. The van der Waals surface area contributed by atoms with Crippen molar-refractivity contribution in [2.24, 2.45) is 0 Å². The van der Waals surface area contributed by atoms with Gasteiger partial charge in [-0.3, -0.25) is 0 Å². The first-order chi connectivity index (χ1) is 8.05. The summed E-state index contributed by atoms with van der Waals surface area (Å²) in [4.78, 5) is 0. The van der Waals surface area contributed by atoms with Gasteiger partial charge in [0.1, 0.15) is 32.7 Å². The van der Waals surface area contributed by atoms with Gasteiger partial charge in [0.2, 0.25) is 0 Å². The number of benzene rings is 1. The van der Waals surface area contributed by atoms with E-state index in [0.29, 0.717) is 0 Å². The zero-order chi connectivity index (χ0) is 12.4. The maximum atomic E-state index is 2.35. The largest absolute Gasteiger partial charge is 0.319 e. The van der Waals surface area contributed by atoms with Gasteiger partial charge in [0.05, 0.1) is 20.6 Å². The van der Waals surface area contributed by atoms with Crippen molar-refractivity contribution in [2.45, 2.75) is 13.5 Å². The summed E-state index contributed by atoms with van der Waals surface area (Å²) in [6, 6.07) is 11.0. The van der Waals surface area contributed by atoms with Gasteiger partial charge in [0.15, 0.2) is 0 Å². The molecule has 0 amide bonds. The fourth-order valence-electron chi connectivity index (χ4n) is 2.75. The zero-order valence-electron chi connectivity index (χ0n) is 11.5. The molecule has 1 saturated heterocycles. The molecule has 0 radical (unpaired) electrons. The molecule has 2 heteroatoms. The molecule has 0 spiro atoms. The Balaban J connectivity index is 2.06. The highest BCUT2D eigenvalue weighted by atomic mass is 15.4. The van der Waals surface area contributed by atoms with Crippen LogP contribution in [0.4, 0.5) is 0 Å². The molecule has 1 aromatic carbocycles. The third kappa shape index (κ3) is 3.08. The van der Waals surface area contributed by atoms with Crippen LogP contribution in [0.25, 0.3) is 0 Å². The van der Waals surface area contributed by atoms with E-state index >= 15 is 0 Å². The molecule has 2 nitrogen and oxygen atoms in total. The van der Waals surface area contributed by atoms with Gasteiger partial charge in [0.25, 0.3) is 0 Å². The minimum absolute atomic E-state index is 1.19.